The molecule has 0 aromatic heterocycles. The predicted octanol–water partition coefficient (Wildman–Crippen LogP) is 4.50. The van der Waals surface area contributed by atoms with E-state index in [0.29, 0.717) is 11.1 Å². The van der Waals surface area contributed by atoms with Gasteiger partial charge in [-0.05, 0) is 54.3 Å². The third-order valence-electron chi connectivity index (χ3n) is 2.93. The fraction of sp³-hybridized carbons (Fsp3) is 0.200. The van der Waals surface area contributed by atoms with Crippen LogP contribution in [0.2, 0.25) is 0 Å². The number of aryl methyl sites for hydroxylation is 2. The monoisotopic (exact) mass is 232 g/mol. The fourth-order valence-electron chi connectivity index (χ4n) is 1.88. The van der Waals surface area contributed by atoms with Gasteiger partial charge in [-0.2, -0.15) is 0 Å². The van der Waals surface area contributed by atoms with Gasteiger partial charge in [0.15, 0.2) is 0 Å². The molecule has 0 radical (unpaired) electrons. The van der Waals surface area contributed by atoms with Gasteiger partial charge in [-0.3, -0.25) is 0 Å². The van der Waals surface area contributed by atoms with E-state index in [1.54, 1.807) is 18.2 Å². The molecule has 0 aliphatic heterocycles. The van der Waals surface area contributed by atoms with Gasteiger partial charge in [0.1, 0.15) is 11.6 Å². The molecular weight excluding hydrogens is 218 g/mol. The minimum atomic E-state index is -0.341. The van der Waals surface area contributed by atoms with Crippen molar-refractivity contribution in [2.75, 3.05) is 0 Å². The summed E-state index contributed by atoms with van der Waals surface area (Å²) in [6.07, 6.45) is 0.835. The number of benzene rings is 2. The Balaban J connectivity index is 2.62. The molecule has 0 bridgehead atoms. The summed E-state index contributed by atoms with van der Waals surface area (Å²) in [6, 6.07) is 9.43. The van der Waals surface area contributed by atoms with Gasteiger partial charge < -0.3 is 0 Å². The number of hydrogen-bond donors (Lipinski definition) is 0. The Hall–Kier alpha value is -1.70. The van der Waals surface area contributed by atoms with Crippen LogP contribution in [0.15, 0.2) is 36.4 Å². The molecule has 0 N–H and O–H groups in total. The van der Waals surface area contributed by atoms with Crippen LogP contribution in [0.5, 0.6) is 0 Å². The molecule has 2 rings (SSSR count). The summed E-state index contributed by atoms with van der Waals surface area (Å²) in [5.74, 6) is -0.650. The SMILES string of the molecule is CCc1ccc(F)c(-c2cc(F)ccc2C)c1. The molecule has 0 aliphatic carbocycles. The Morgan fingerprint density at radius 2 is 1.71 bits per heavy atom. The van der Waals surface area contributed by atoms with Crippen molar-refractivity contribution in [3.05, 3.63) is 59.2 Å². The van der Waals surface area contributed by atoms with Gasteiger partial charge in [0.25, 0.3) is 0 Å². The van der Waals surface area contributed by atoms with E-state index in [1.807, 2.05) is 13.8 Å². The van der Waals surface area contributed by atoms with Crippen molar-refractivity contribution in [1.29, 1.82) is 0 Å². The lowest BCUT2D eigenvalue weighted by Crippen LogP contribution is -1.91. The van der Waals surface area contributed by atoms with Gasteiger partial charge in [0, 0.05) is 5.56 Å². The average molecular weight is 232 g/mol. The lowest BCUT2D eigenvalue weighted by atomic mass is 9.97. The van der Waals surface area contributed by atoms with E-state index in [9.17, 15) is 8.78 Å². The first-order chi connectivity index (χ1) is 8.11. The molecule has 2 heteroatoms. The van der Waals surface area contributed by atoms with Gasteiger partial charge in [0.05, 0.1) is 0 Å². The first-order valence-corrected chi connectivity index (χ1v) is 5.66. The van der Waals surface area contributed by atoms with Crippen molar-refractivity contribution in [2.24, 2.45) is 0 Å². The van der Waals surface area contributed by atoms with Crippen LogP contribution in [0.1, 0.15) is 18.1 Å². The second-order valence-electron chi connectivity index (χ2n) is 4.13. The Morgan fingerprint density at radius 3 is 2.41 bits per heavy atom. The number of rotatable bonds is 2. The first kappa shape index (κ1) is 11.8. The summed E-state index contributed by atoms with van der Waals surface area (Å²) < 4.78 is 27.0. The van der Waals surface area contributed by atoms with Crippen molar-refractivity contribution in [2.45, 2.75) is 20.3 Å². The van der Waals surface area contributed by atoms with Crippen LogP contribution in [0.3, 0.4) is 0 Å². The van der Waals surface area contributed by atoms with Crippen LogP contribution in [0.25, 0.3) is 11.1 Å². The molecular formula is C15H14F2. The van der Waals surface area contributed by atoms with E-state index in [2.05, 4.69) is 0 Å². The first-order valence-electron chi connectivity index (χ1n) is 5.66. The summed E-state index contributed by atoms with van der Waals surface area (Å²) >= 11 is 0. The molecule has 2 aromatic carbocycles. The van der Waals surface area contributed by atoms with E-state index >= 15 is 0 Å². The summed E-state index contributed by atoms with van der Waals surface area (Å²) in [4.78, 5) is 0. The molecule has 0 fully saturated rings. The molecule has 17 heavy (non-hydrogen) atoms. The molecule has 2 aromatic rings. The normalized spacial score (nSPS) is 10.6. The molecule has 0 spiro atoms. The minimum absolute atomic E-state index is 0.309. The summed E-state index contributed by atoms with van der Waals surface area (Å²) in [6.45, 7) is 3.86. The van der Waals surface area contributed by atoms with E-state index in [-0.39, 0.29) is 11.6 Å². The maximum Gasteiger partial charge on any atom is 0.131 e. The van der Waals surface area contributed by atoms with Gasteiger partial charge in [-0.15, -0.1) is 0 Å². The molecule has 0 saturated carbocycles. The van der Waals surface area contributed by atoms with Crippen LogP contribution >= 0.6 is 0 Å². The highest BCUT2D eigenvalue weighted by Crippen LogP contribution is 2.28. The Labute approximate surface area is 99.9 Å². The summed E-state index contributed by atoms with van der Waals surface area (Å²) in [5.41, 5.74) is 3.02. The van der Waals surface area contributed by atoms with Crippen LogP contribution in [0, 0.1) is 18.6 Å². The minimum Gasteiger partial charge on any atom is -0.207 e. The Bertz CT molecular complexity index is 545. The highest BCUT2D eigenvalue weighted by atomic mass is 19.1. The highest BCUT2D eigenvalue weighted by Gasteiger charge is 2.09. The topological polar surface area (TPSA) is 0 Å². The molecule has 0 unspecified atom stereocenters. The molecule has 88 valence electrons. The predicted molar refractivity (Wildman–Crippen MR) is 65.9 cm³/mol. The van der Waals surface area contributed by atoms with E-state index < -0.39 is 0 Å². The number of halogens is 2. The zero-order valence-electron chi connectivity index (χ0n) is 9.93. The van der Waals surface area contributed by atoms with Gasteiger partial charge in [-0.1, -0.05) is 19.1 Å². The smallest absolute Gasteiger partial charge is 0.131 e. The third kappa shape index (κ3) is 2.36. The van der Waals surface area contributed by atoms with Gasteiger partial charge >= 0.3 is 0 Å². The second kappa shape index (κ2) is 4.66. The van der Waals surface area contributed by atoms with Gasteiger partial charge in [-0.25, -0.2) is 8.78 Å². The zero-order chi connectivity index (χ0) is 12.4. The van der Waals surface area contributed by atoms with Crippen LogP contribution in [-0.4, -0.2) is 0 Å². The maximum atomic E-state index is 13.8. The molecule has 0 saturated heterocycles. The molecule has 0 aliphatic rings. The molecule has 0 amide bonds. The third-order valence-corrected chi connectivity index (χ3v) is 2.93. The van der Waals surface area contributed by atoms with Crippen LogP contribution < -0.4 is 0 Å². The summed E-state index contributed by atoms with van der Waals surface area (Å²) in [7, 11) is 0. The van der Waals surface area contributed by atoms with Crippen LogP contribution in [0.4, 0.5) is 8.78 Å². The quantitative estimate of drug-likeness (QED) is 0.715. The van der Waals surface area contributed by atoms with E-state index in [4.69, 9.17) is 0 Å². The lowest BCUT2D eigenvalue weighted by molar-refractivity contribution is 0.624. The van der Waals surface area contributed by atoms with Crippen LogP contribution in [-0.2, 0) is 6.42 Å². The second-order valence-corrected chi connectivity index (χ2v) is 4.13. The zero-order valence-corrected chi connectivity index (χ0v) is 9.93. The van der Waals surface area contributed by atoms with Crippen molar-refractivity contribution in [1.82, 2.24) is 0 Å². The molecule has 0 heterocycles. The van der Waals surface area contributed by atoms with E-state index in [1.165, 1.54) is 18.2 Å². The fourth-order valence-corrected chi connectivity index (χ4v) is 1.88. The maximum absolute atomic E-state index is 13.8. The Kier molecular flexibility index (Phi) is 3.23. The Morgan fingerprint density at radius 1 is 0.941 bits per heavy atom. The average Bonchev–Trinajstić information content (AvgIpc) is 2.33. The van der Waals surface area contributed by atoms with Crippen molar-refractivity contribution in [3.8, 4) is 11.1 Å². The van der Waals surface area contributed by atoms with Crippen molar-refractivity contribution < 1.29 is 8.78 Å². The molecule has 0 nitrogen and oxygen atoms in total. The van der Waals surface area contributed by atoms with Crippen molar-refractivity contribution >= 4 is 0 Å². The van der Waals surface area contributed by atoms with Gasteiger partial charge in [0.2, 0.25) is 0 Å². The standard InChI is InChI=1S/C15H14F2/c1-3-11-5-7-15(17)14(8-11)13-9-12(16)6-4-10(13)2/h4-9H,3H2,1-2H3. The largest absolute Gasteiger partial charge is 0.207 e. The summed E-state index contributed by atoms with van der Waals surface area (Å²) in [5, 5.41) is 0. The lowest BCUT2D eigenvalue weighted by Gasteiger charge is -2.09. The van der Waals surface area contributed by atoms with E-state index in [0.717, 1.165) is 17.5 Å². The van der Waals surface area contributed by atoms with Crippen molar-refractivity contribution in [3.63, 3.8) is 0 Å². The number of hydrogen-bond acceptors (Lipinski definition) is 0. The molecule has 0 atom stereocenters. The highest BCUT2D eigenvalue weighted by molar-refractivity contribution is 5.68.